The summed E-state index contributed by atoms with van der Waals surface area (Å²) < 4.78 is 0. The van der Waals surface area contributed by atoms with Crippen molar-refractivity contribution >= 4 is 17.5 Å². The topological polar surface area (TPSA) is 75.1 Å². The molecule has 0 bridgehead atoms. The molecule has 86 valence electrons. The normalized spacial score (nSPS) is 9.94. The Morgan fingerprint density at radius 2 is 2.18 bits per heavy atom. The summed E-state index contributed by atoms with van der Waals surface area (Å²) in [7, 11) is 0. The van der Waals surface area contributed by atoms with Crippen molar-refractivity contribution in [3.05, 3.63) is 47.9 Å². The van der Waals surface area contributed by atoms with Gasteiger partial charge in [0, 0.05) is 11.9 Å². The van der Waals surface area contributed by atoms with Gasteiger partial charge in [-0.2, -0.15) is 0 Å². The van der Waals surface area contributed by atoms with E-state index in [0.717, 1.165) is 5.69 Å². The predicted molar refractivity (Wildman–Crippen MR) is 63.5 cm³/mol. The first-order valence-corrected chi connectivity index (χ1v) is 5.04. The van der Waals surface area contributed by atoms with E-state index in [-0.39, 0.29) is 0 Å². The lowest BCUT2D eigenvalue weighted by atomic mass is 10.1. The van der Waals surface area contributed by atoms with Crippen LogP contribution in [0.3, 0.4) is 0 Å². The van der Waals surface area contributed by atoms with Gasteiger partial charge in [-0.25, -0.2) is 14.8 Å². The SMILES string of the molecule is Cc1cc(Nc2ccncn2)ccc1C(=O)O. The van der Waals surface area contributed by atoms with Crippen LogP contribution in [0.15, 0.2) is 36.8 Å². The highest BCUT2D eigenvalue weighted by Crippen LogP contribution is 2.18. The Hall–Kier alpha value is -2.43. The van der Waals surface area contributed by atoms with Gasteiger partial charge >= 0.3 is 5.97 Å². The van der Waals surface area contributed by atoms with E-state index in [1.807, 2.05) is 0 Å². The Bertz CT molecular complexity index is 541. The molecule has 1 aromatic heterocycles. The first kappa shape index (κ1) is 11.1. The van der Waals surface area contributed by atoms with Crippen molar-refractivity contribution in [1.82, 2.24) is 9.97 Å². The summed E-state index contributed by atoms with van der Waals surface area (Å²) in [5.74, 6) is -0.251. The first-order chi connectivity index (χ1) is 8.16. The van der Waals surface area contributed by atoms with E-state index in [1.54, 1.807) is 37.4 Å². The second-order valence-electron chi connectivity index (χ2n) is 3.55. The number of aryl methyl sites for hydroxylation is 1. The maximum absolute atomic E-state index is 10.9. The van der Waals surface area contributed by atoms with E-state index >= 15 is 0 Å². The molecule has 0 fully saturated rings. The molecule has 0 aliphatic carbocycles. The number of nitrogens with one attached hydrogen (secondary N) is 1. The number of carbonyl (C=O) groups is 1. The Labute approximate surface area is 98.2 Å². The minimum atomic E-state index is -0.920. The van der Waals surface area contributed by atoms with E-state index < -0.39 is 5.97 Å². The molecular formula is C12H11N3O2. The number of carboxylic acid groups (broad SMARTS) is 1. The summed E-state index contributed by atoms with van der Waals surface area (Å²) in [6.07, 6.45) is 3.08. The minimum Gasteiger partial charge on any atom is -0.478 e. The van der Waals surface area contributed by atoms with Crippen LogP contribution in [0.2, 0.25) is 0 Å². The number of rotatable bonds is 3. The fourth-order valence-corrected chi connectivity index (χ4v) is 1.49. The van der Waals surface area contributed by atoms with E-state index in [1.165, 1.54) is 6.33 Å². The van der Waals surface area contributed by atoms with Crippen LogP contribution < -0.4 is 5.32 Å². The van der Waals surface area contributed by atoms with E-state index in [0.29, 0.717) is 16.9 Å². The van der Waals surface area contributed by atoms with E-state index in [4.69, 9.17) is 5.11 Å². The van der Waals surface area contributed by atoms with Crippen LogP contribution in [-0.4, -0.2) is 21.0 Å². The van der Waals surface area contributed by atoms with Gasteiger partial charge in [0.05, 0.1) is 5.56 Å². The molecule has 17 heavy (non-hydrogen) atoms. The molecule has 0 spiro atoms. The zero-order valence-corrected chi connectivity index (χ0v) is 9.21. The van der Waals surface area contributed by atoms with Crippen LogP contribution in [0.1, 0.15) is 15.9 Å². The van der Waals surface area contributed by atoms with Gasteiger partial charge in [-0.3, -0.25) is 0 Å². The van der Waals surface area contributed by atoms with Crippen LogP contribution in [0, 0.1) is 6.92 Å². The zero-order valence-electron chi connectivity index (χ0n) is 9.21. The number of hydrogen-bond donors (Lipinski definition) is 2. The van der Waals surface area contributed by atoms with Crippen molar-refractivity contribution in [3.8, 4) is 0 Å². The monoisotopic (exact) mass is 229 g/mol. The highest BCUT2D eigenvalue weighted by molar-refractivity contribution is 5.90. The quantitative estimate of drug-likeness (QED) is 0.844. The van der Waals surface area contributed by atoms with Gasteiger partial charge in [0.15, 0.2) is 0 Å². The standard InChI is InChI=1S/C12H11N3O2/c1-8-6-9(2-3-10(8)12(16)17)15-11-4-5-13-7-14-11/h2-7H,1H3,(H,16,17)(H,13,14,15). The van der Waals surface area contributed by atoms with Crippen LogP contribution in [0.4, 0.5) is 11.5 Å². The molecule has 0 saturated carbocycles. The Morgan fingerprint density at radius 3 is 2.76 bits per heavy atom. The number of carboxylic acids is 1. The number of aromatic carboxylic acids is 1. The average Bonchev–Trinajstić information content (AvgIpc) is 2.30. The highest BCUT2D eigenvalue weighted by Gasteiger charge is 2.07. The molecule has 1 aromatic carbocycles. The Kier molecular flexibility index (Phi) is 3.00. The molecule has 2 aromatic rings. The second kappa shape index (κ2) is 4.61. The van der Waals surface area contributed by atoms with Crippen molar-refractivity contribution in [3.63, 3.8) is 0 Å². The molecular weight excluding hydrogens is 218 g/mol. The Morgan fingerprint density at radius 1 is 1.35 bits per heavy atom. The summed E-state index contributed by atoms with van der Waals surface area (Å²) in [6.45, 7) is 1.76. The third-order valence-electron chi connectivity index (χ3n) is 2.31. The summed E-state index contributed by atoms with van der Waals surface area (Å²) in [4.78, 5) is 18.7. The van der Waals surface area contributed by atoms with Crippen molar-refractivity contribution < 1.29 is 9.90 Å². The van der Waals surface area contributed by atoms with Gasteiger partial charge in [0.25, 0.3) is 0 Å². The van der Waals surface area contributed by atoms with Gasteiger partial charge in [-0.05, 0) is 36.8 Å². The summed E-state index contributed by atoms with van der Waals surface area (Å²) in [5, 5.41) is 12.0. The van der Waals surface area contributed by atoms with Crippen molar-refractivity contribution in [2.24, 2.45) is 0 Å². The lowest BCUT2D eigenvalue weighted by Crippen LogP contribution is -2.01. The van der Waals surface area contributed by atoms with Crippen molar-refractivity contribution in [1.29, 1.82) is 0 Å². The maximum Gasteiger partial charge on any atom is 0.335 e. The largest absolute Gasteiger partial charge is 0.478 e. The summed E-state index contributed by atoms with van der Waals surface area (Å²) in [5.41, 5.74) is 1.81. The molecule has 0 aliphatic heterocycles. The van der Waals surface area contributed by atoms with E-state index in [9.17, 15) is 4.79 Å². The second-order valence-corrected chi connectivity index (χ2v) is 3.55. The van der Waals surface area contributed by atoms with Crippen LogP contribution in [-0.2, 0) is 0 Å². The number of anilines is 2. The molecule has 5 heteroatoms. The fourth-order valence-electron chi connectivity index (χ4n) is 1.49. The number of nitrogens with zero attached hydrogens (tertiary/aromatic N) is 2. The predicted octanol–water partition coefficient (Wildman–Crippen LogP) is 2.23. The van der Waals surface area contributed by atoms with E-state index in [2.05, 4.69) is 15.3 Å². The smallest absolute Gasteiger partial charge is 0.335 e. The number of benzene rings is 1. The number of hydrogen-bond acceptors (Lipinski definition) is 4. The lowest BCUT2D eigenvalue weighted by Gasteiger charge is -2.07. The molecule has 2 rings (SSSR count). The van der Waals surface area contributed by atoms with Gasteiger partial charge in [0.1, 0.15) is 12.1 Å². The average molecular weight is 229 g/mol. The number of aromatic nitrogens is 2. The molecule has 1 heterocycles. The molecule has 0 aliphatic rings. The molecule has 0 amide bonds. The molecule has 5 nitrogen and oxygen atoms in total. The van der Waals surface area contributed by atoms with Crippen LogP contribution in [0.5, 0.6) is 0 Å². The molecule has 0 saturated heterocycles. The summed E-state index contributed by atoms with van der Waals surface area (Å²) >= 11 is 0. The van der Waals surface area contributed by atoms with Crippen LogP contribution in [0.25, 0.3) is 0 Å². The van der Waals surface area contributed by atoms with Gasteiger partial charge in [0.2, 0.25) is 0 Å². The fraction of sp³-hybridized carbons (Fsp3) is 0.0833. The summed E-state index contributed by atoms with van der Waals surface area (Å²) in [6, 6.07) is 6.78. The van der Waals surface area contributed by atoms with Crippen molar-refractivity contribution in [2.45, 2.75) is 6.92 Å². The molecule has 0 radical (unpaired) electrons. The molecule has 2 N–H and O–H groups in total. The Balaban J connectivity index is 2.24. The lowest BCUT2D eigenvalue weighted by molar-refractivity contribution is 0.0696. The minimum absolute atomic E-state index is 0.304. The molecule has 0 unspecified atom stereocenters. The highest BCUT2D eigenvalue weighted by atomic mass is 16.4. The van der Waals surface area contributed by atoms with Gasteiger partial charge in [-0.1, -0.05) is 0 Å². The molecule has 0 atom stereocenters. The van der Waals surface area contributed by atoms with Crippen LogP contribution >= 0.6 is 0 Å². The first-order valence-electron chi connectivity index (χ1n) is 5.04. The van der Waals surface area contributed by atoms with Gasteiger partial charge in [-0.15, -0.1) is 0 Å². The third kappa shape index (κ3) is 2.57. The van der Waals surface area contributed by atoms with Crippen molar-refractivity contribution in [2.75, 3.05) is 5.32 Å². The van der Waals surface area contributed by atoms with Gasteiger partial charge < -0.3 is 10.4 Å². The maximum atomic E-state index is 10.9. The third-order valence-corrected chi connectivity index (χ3v) is 2.31. The zero-order chi connectivity index (χ0) is 12.3.